The van der Waals surface area contributed by atoms with E-state index in [0.717, 1.165) is 5.56 Å². The monoisotopic (exact) mass is 222 g/mol. The van der Waals surface area contributed by atoms with Gasteiger partial charge in [-0.1, -0.05) is 12.1 Å². The minimum Gasteiger partial charge on any atom is -0.444 e. The molecule has 0 radical (unpaired) electrons. The zero-order valence-corrected chi connectivity index (χ0v) is 10.1. The average molecular weight is 222 g/mol. The van der Waals surface area contributed by atoms with E-state index < -0.39 is 11.7 Å². The topological polar surface area (TPSA) is 64.3 Å². The summed E-state index contributed by atoms with van der Waals surface area (Å²) in [4.78, 5) is 11.5. The lowest BCUT2D eigenvalue weighted by Gasteiger charge is -2.20. The molecule has 88 valence electrons. The number of para-hydroxylation sites is 1. The highest BCUT2D eigenvalue weighted by Crippen LogP contribution is 2.22. The van der Waals surface area contributed by atoms with Gasteiger partial charge in [0.25, 0.3) is 0 Å². The summed E-state index contributed by atoms with van der Waals surface area (Å²) < 4.78 is 5.13. The first-order chi connectivity index (χ1) is 7.29. The molecule has 4 heteroatoms. The van der Waals surface area contributed by atoms with E-state index in [-0.39, 0.29) is 0 Å². The second-order valence-corrected chi connectivity index (χ2v) is 4.66. The molecule has 3 N–H and O–H groups in total. The molecule has 16 heavy (non-hydrogen) atoms. The number of nitrogen functional groups attached to an aromatic ring is 1. The van der Waals surface area contributed by atoms with Crippen LogP contribution in [0.15, 0.2) is 18.2 Å². The number of benzene rings is 1. The molecule has 0 saturated heterocycles. The third kappa shape index (κ3) is 3.46. The van der Waals surface area contributed by atoms with Gasteiger partial charge in [-0.2, -0.15) is 0 Å². The minimum absolute atomic E-state index is 0.496. The van der Waals surface area contributed by atoms with E-state index in [1.165, 1.54) is 0 Å². The summed E-state index contributed by atoms with van der Waals surface area (Å²) in [5.41, 5.74) is 7.38. The number of carbonyl (C=O) groups excluding carboxylic acids is 1. The van der Waals surface area contributed by atoms with Gasteiger partial charge in [-0.15, -0.1) is 0 Å². The van der Waals surface area contributed by atoms with Crippen LogP contribution in [0.3, 0.4) is 0 Å². The third-order valence-electron chi connectivity index (χ3n) is 1.96. The summed E-state index contributed by atoms with van der Waals surface area (Å²) in [6.45, 7) is 7.32. The highest BCUT2D eigenvalue weighted by atomic mass is 16.6. The molecule has 1 aromatic carbocycles. The van der Waals surface area contributed by atoms with Crippen LogP contribution in [-0.2, 0) is 4.74 Å². The normalized spacial score (nSPS) is 11.0. The molecule has 0 saturated carbocycles. The molecule has 0 fully saturated rings. The summed E-state index contributed by atoms with van der Waals surface area (Å²) in [5.74, 6) is 0. The van der Waals surface area contributed by atoms with Gasteiger partial charge in [-0.3, -0.25) is 5.32 Å². The van der Waals surface area contributed by atoms with E-state index in [4.69, 9.17) is 10.5 Å². The highest BCUT2D eigenvalue weighted by Gasteiger charge is 2.16. The van der Waals surface area contributed by atoms with Crippen LogP contribution in [0.2, 0.25) is 0 Å². The van der Waals surface area contributed by atoms with Gasteiger partial charge >= 0.3 is 6.09 Å². The molecule has 0 bridgehead atoms. The number of carbonyl (C=O) groups is 1. The Morgan fingerprint density at radius 1 is 1.38 bits per heavy atom. The van der Waals surface area contributed by atoms with Crippen LogP contribution < -0.4 is 11.1 Å². The van der Waals surface area contributed by atoms with Crippen LogP contribution in [0.25, 0.3) is 0 Å². The van der Waals surface area contributed by atoms with Crippen molar-refractivity contribution in [3.63, 3.8) is 0 Å². The predicted octanol–water partition coefficient (Wildman–Crippen LogP) is 2.92. The maximum atomic E-state index is 11.5. The average Bonchev–Trinajstić information content (AvgIpc) is 2.09. The number of hydrogen-bond acceptors (Lipinski definition) is 3. The smallest absolute Gasteiger partial charge is 0.412 e. The lowest BCUT2D eigenvalue weighted by atomic mass is 10.2. The van der Waals surface area contributed by atoms with Gasteiger partial charge in [0.2, 0.25) is 0 Å². The number of amides is 1. The van der Waals surface area contributed by atoms with E-state index in [2.05, 4.69) is 5.32 Å². The summed E-state index contributed by atoms with van der Waals surface area (Å²) in [6.07, 6.45) is -0.496. The van der Waals surface area contributed by atoms with Crippen molar-refractivity contribution in [3.05, 3.63) is 23.8 Å². The Bertz CT molecular complexity index is 394. The summed E-state index contributed by atoms with van der Waals surface area (Å²) >= 11 is 0. The number of rotatable bonds is 1. The predicted molar refractivity (Wildman–Crippen MR) is 65.4 cm³/mol. The van der Waals surface area contributed by atoms with Gasteiger partial charge in [-0.25, -0.2) is 4.79 Å². The molecule has 0 atom stereocenters. The number of ether oxygens (including phenoxy) is 1. The van der Waals surface area contributed by atoms with Crippen molar-refractivity contribution in [2.45, 2.75) is 33.3 Å². The lowest BCUT2D eigenvalue weighted by Crippen LogP contribution is -2.27. The maximum absolute atomic E-state index is 11.5. The SMILES string of the molecule is Cc1cccc(NC(=O)OC(C)(C)C)c1N. The molecular formula is C12H18N2O2. The van der Waals surface area contributed by atoms with Crippen molar-refractivity contribution < 1.29 is 9.53 Å². The van der Waals surface area contributed by atoms with Gasteiger partial charge in [0.05, 0.1) is 11.4 Å². The molecule has 1 rings (SSSR count). The maximum Gasteiger partial charge on any atom is 0.412 e. The van der Waals surface area contributed by atoms with Gasteiger partial charge in [0.1, 0.15) is 5.60 Å². The summed E-state index contributed by atoms with van der Waals surface area (Å²) in [7, 11) is 0. The Kier molecular flexibility index (Phi) is 3.42. The van der Waals surface area contributed by atoms with Gasteiger partial charge in [0.15, 0.2) is 0 Å². The summed E-state index contributed by atoms with van der Waals surface area (Å²) in [5, 5.41) is 2.62. The first-order valence-electron chi connectivity index (χ1n) is 5.15. The van der Waals surface area contributed by atoms with Gasteiger partial charge in [0, 0.05) is 0 Å². The molecule has 1 aromatic rings. The molecule has 0 heterocycles. The number of anilines is 2. The Hall–Kier alpha value is -1.71. The summed E-state index contributed by atoms with van der Waals surface area (Å²) in [6, 6.07) is 5.46. The van der Waals surface area contributed by atoms with Crippen LogP contribution in [0.1, 0.15) is 26.3 Å². The van der Waals surface area contributed by atoms with Crippen molar-refractivity contribution in [3.8, 4) is 0 Å². The van der Waals surface area contributed by atoms with Crippen molar-refractivity contribution in [1.29, 1.82) is 0 Å². The minimum atomic E-state index is -0.511. The van der Waals surface area contributed by atoms with Crippen molar-refractivity contribution in [2.75, 3.05) is 11.1 Å². The molecule has 1 amide bonds. The van der Waals surface area contributed by atoms with E-state index in [1.807, 2.05) is 39.8 Å². The number of aryl methyl sites for hydroxylation is 1. The van der Waals surface area contributed by atoms with Crippen LogP contribution in [0, 0.1) is 6.92 Å². The van der Waals surface area contributed by atoms with Crippen LogP contribution in [0.5, 0.6) is 0 Å². The lowest BCUT2D eigenvalue weighted by molar-refractivity contribution is 0.0636. The highest BCUT2D eigenvalue weighted by molar-refractivity contribution is 5.89. The Labute approximate surface area is 95.8 Å². The number of nitrogens with two attached hydrogens (primary N) is 1. The van der Waals surface area contributed by atoms with Crippen LogP contribution in [0.4, 0.5) is 16.2 Å². The van der Waals surface area contributed by atoms with E-state index in [9.17, 15) is 4.79 Å². The van der Waals surface area contributed by atoms with Crippen LogP contribution in [-0.4, -0.2) is 11.7 Å². The standard InChI is InChI=1S/C12H18N2O2/c1-8-6-5-7-9(10(8)13)14-11(15)16-12(2,3)4/h5-7H,13H2,1-4H3,(H,14,15). The first kappa shape index (κ1) is 12.4. The zero-order chi connectivity index (χ0) is 12.3. The largest absolute Gasteiger partial charge is 0.444 e. The third-order valence-corrected chi connectivity index (χ3v) is 1.96. The zero-order valence-electron chi connectivity index (χ0n) is 10.1. The second kappa shape index (κ2) is 4.43. The molecule has 0 aliphatic heterocycles. The van der Waals surface area contributed by atoms with Crippen molar-refractivity contribution >= 4 is 17.5 Å². The van der Waals surface area contributed by atoms with Crippen LogP contribution >= 0.6 is 0 Å². The number of nitrogens with one attached hydrogen (secondary N) is 1. The molecule has 4 nitrogen and oxygen atoms in total. The van der Waals surface area contributed by atoms with E-state index >= 15 is 0 Å². The second-order valence-electron chi connectivity index (χ2n) is 4.66. The Morgan fingerprint density at radius 2 is 2.00 bits per heavy atom. The van der Waals surface area contributed by atoms with E-state index in [1.54, 1.807) is 6.07 Å². The van der Waals surface area contributed by atoms with Gasteiger partial charge < -0.3 is 10.5 Å². The van der Waals surface area contributed by atoms with Crippen molar-refractivity contribution in [2.24, 2.45) is 0 Å². The molecule has 0 aliphatic carbocycles. The molecular weight excluding hydrogens is 204 g/mol. The fraction of sp³-hybridized carbons (Fsp3) is 0.417. The quantitative estimate of drug-likeness (QED) is 0.718. The van der Waals surface area contributed by atoms with Gasteiger partial charge in [-0.05, 0) is 39.3 Å². The molecule has 0 spiro atoms. The molecule has 0 unspecified atom stereocenters. The van der Waals surface area contributed by atoms with Crippen molar-refractivity contribution in [1.82, 2.24) is 0 Å². The molecule has 0 aliphatic rings. The fourth-order valence-electron chi connectivity index (χ4n) is 1.20. The molecule has 0 aromatic heterocycles. The van der Waals surface area contributed by atoms with E-state index in [0.29, 0.717) is 11.4 Å². The first-order valence-corrected chi connectivity index (χ1v) is 5.15. The fourth-order valence-corrected chi connectivity index (χ4v) is 1.20. The Balaban J connectivity index is 2.74. The Morgan fingerprint density at radius 3 is 2.56 bits per heavy atom. The number of hydrogen-bond donors (Lipinski definition) is 2.